The number of benzene rings is 1. The van der Waals surface area contributed by atoms with Crippen LogP contribution in [0.1, 0.15) is 32.8 Å². The summed E-state index contributed by atoms with van der Waals surface area (Å²) < 4.78 is 6.21. The van der Waals surface area contributed by atoms with Crippen molar-refractivity contribution in [3.05, 3.63) is 27.2 Å². The number of ether oxygens (including phenoxy) is 1. The maximum atomic E-state index is 12.3. The number of amides is 1. The number of aryl methyl sites for hydroxylation is 1. The first-order valence-electron chi connectivity index (χ1n) is 6.27. The van der Waals surface area contributed by atoms with E-state index in [2.05, 4.69) is 15.9 Å². The van der Waals surface area contributed by atoms with E-state index in [0.717, 1.165) is 28.6 Å². The van der Waals surface area contributed by atoms with E-state index < -0.39 is 5.60 Å². The molecule has 2 rings (SSSR count). The van der Waals surface area contributed by atoms with Gasteiger partial charge in [-0.3, -0.25) is 4.90 Å². The summed E-state index contributed by atoms with van der Waals surface area (Å²) in [5, 5.41) is 0.606. The van der Waals surface area contributed by atoms with Crippen molar-refractivity contribution in [2.45, 2.75) is 39.2 Å². The van der Waals surface area contributed by atoms with Gasteiger partial charge in [0.1, 0.15) is 5.60 Å². The fourth-order valence-corrected chi connectivity index (χ4v) is 2.87. The molecule has 3 nitrogen and oxygen atoms in total. The van der Waals surface area contributed by atoms with Crippen LogP contribution < -0.4 is 4.90 Å². The molecule has 19 heavy (non-hydrogen) atoms. The Bertz CT molecular complexity index is 511. The molecule has 104 valence electrons. The summed E-state index contributed by atoms with van der Waals surface area (Å²) in [7, 11) is 0. The fourth-order valence-electron chi connectivity index (χ4n) is 2.11. The van der Waals surface area contributed by atoms with Gasteiger partial charge in [0.15, 0.2) is 0 Å². The Morgan fingerprint density at radius 1 is 1.42 bits per heavy atom. The van der Waals surface area contributed by atoms with Crippen LogP contribution in [0.15, 0.2) is 16.6 Å². The van der Waals surface area contributed by atoms with E-state index in [0.29, 0.717) is 11.6 Å². The van der Waals surface area contributed by atoms with Gasteiger partial charge < -0.3 is 4.74 Å². The lowest BCUT2D eigenvalue weighted by Crippen LogP contribution is -2.40. The summed E-state index contributed by atoms with van der Waals surface area (Å²) in [5.41, 5.74) is 1.46. The molecule has 1 aromatic carbocycles. The number of rotatable bonds is 0. The Morgan fingerprint density at radius 3 is 2.74 bits per heavy atom. The van der Waals surface area contributed by atoms with Crippen molar-refractivity contribution in [1.29, 1.82) is 0 Å². The molecule has 0 aromatic heterocycles. The number of carbonyl (C=O) groups excluding carboxylic acids is 1. The van der Waals surface area contributed by atoms with Crippen LogP contribution in [0.5, 0.6) is 0 Å². The molecule has 0 atom stereocenters. The molecule has 0 N–H and O–H groups in total. The fraction of sp³-hybridized carbons (Fsp3) is 0.500. The van der Waals surface area contributed by atoms with Gasteiger partial charge in [-0.25, -0.2) is 4.79 Å². The summed E-state index contributed by atoms with van der Waals surface area (Å²) in [6.45, 7) is 6.25. The maximum absolute atomic E-state index is 12.3. The number of hydrogen-bond donors (Lipinski definition) is 0. The maximum Gasteiger partial charge on any atom is 0.414 e. The second kappa shape index (κ2) is 5.33. The van der Waals surface area contributed by atoms with E-state index in [4.69, 9.17) is 16.3 Å². The third-order valence-electron chi connectivity index (χ3n) is 2.86. The Hall–Kier alpha value is -0.740. The first-order valence-corrected chi connectivity index (χ1v) is 7.44. The van der Waals surface area contributed by atoms with E-state index in [-0.39, 0.29) is 6.09 Å². The molecule has 0 saturated heterocycles. The lowest BCUT2D eigenvalue weighted by atomic mass is 10.0. The minimum atomic E-state index is -0.500. The van der Waals surface area contributed by atoms with Crippen molar-refractivity contribution in [2.24, 2.45) is 0 Å². The molecule has 5 heteroatoms. The van der Waals surface area contributed by atoms with Gasteiger partial charge in [-0.2, -0.15) is 0 Å². The molecule has 0 spiro atoms. The predicted molar refractivity (Wildman–Crippen MR) is 81.1 cm³/mol. The molecular formula is C14H17BrClNO2. The van der Waals surface area contributed by atoms with Crippen LogP contribution in [0, 0.1) is 0 Å². The zero-order chi connectivity index (χ0) is 14.2. The predicted octanol–water partition coefficient (Wildman–Crippen LogP) is 4.79. The molecule has 0 saturated carbocycles. The average Bonchev–Trinajstić information content (AvgIpc) is 2.31. The van der Waals surface area contributed by atoms with Crippen LogP contribution in [-0.4, -0.2) is 18.2 Å². The van der Waals surface area contributed by atoms with Crippen LogP contribution in [0.2, 0.25) is 5.02 Å². The van der Waals surface area contributed by atoms with Crippen molar-refractivity contribution in [1.82, 2.24) is 0 Å². The van der Waals surface area contributed by atoms with Crippen molar-refractivity contribution in [2.75, 3.05) is 11.4 Å². The lowest BCUT2D eigenvalue weighted by molar-refractivity contribution is 0.0577. The molecule has 0 fully saturated rings. The number of fused-ring (bicyclic) bond motifs is 1. The summed E-state index contributed by atoms with van der Waals surface area (Å²) in [6.07, 6.45) is 1.56. The molecule has 0 aliphatic carbocycles. The Kier molecular flexibility index (Phi) is 4.11. The molecule has 1 aliphatic heterocycles. The molecule has 0 bridgehead atoms. The SMILES string of the molecule is CC(C)(C)OC(=O)N1CCCc2ccc(Cl)c(Br)c21. The van der Waals surface area contributed by atoms with Gasteiger partial charge in [-0.15, -0.1) is 0 Å². The van der Waals surface area contributed by atoms with Gasteiger partial charge in [-0.1, -0.05) is 17.7 Å². The summed E-state index contributed by atoms with van der Waals surface area (Å²) in [4.78, 5) is 13.9. The highest BCUT2D eigenvalue weighted by Gasteiger charge is 2.29. The second-order valence-electron chi connectivity index (χ2n) is 5.60. The van der Waals surface area contributed by atoms with E-state index in [1.807, 2.05) is 32.9 Å². The molecule has 1 aliphatic rings. The number of nitrogens with zero attached hydrogens (tertiary/aromatic N) is 1. The standard InChI is InChI=1S/C14H17BrClNO2/c1-14(2,3)19-13(18)17-8-4-5-9-6-7-10(16)11(15)12(9)17/h6-7H,4-5,8H2,1-3H3. The topological polar surface area (TPSA) is 29.5 Å². The first-order chi connectivity index (χ1) is 8.79. The van der Waals surface area contributed by atoms with Gasteiger partial charge in [0.05, 0.1) is 15.2 Å². The second-order valence-corrected chi connectivity index (χ2v) is 6.80. The smallest absolute Gasteiger partial charge is 0.414 e. The van der Waals surface area contributed by atoms with Gasteiger partial charge in [0.25, 0.3) is 0 Å². The van der Waals surface area contributed by atoms with E-state index >= 15 is 0 Å². The Balaban J connectivity index is 2.37. The van der Waals surface area contributed by atoms with E-state index in [9.17, 15) is 4.79 Å². The zero-order valence-corrected chi connectivity index (χ0v) is 13.6. The van der Waals surface area contributed by atoms with Crippen LogP contribution in [0.4, 0.5) is 10.5 Å². The van der Waals surface area contributed by atoms with Crippen molar-refractivity contribution in [3.63, 3.8) is 0 Å². The molecule has 1 aromatic rings. The molecular weight excluding hydrogens is 330 g/mol. The summed E-state index contributed by atoms with van der Waals surface area (Å²) >= 11 is 9.60. The Morgan fingerprint density at radius 2 is 2.11 bits per heavy atom. The normalized spacial score (nSPS) is 15.1. The van der Waals surface area contributed by atoms with Crippen molar-refractivity contribution in [3.8, 4) is 0 Å². The largest absolute Gasteiger partial charge is 0.443 e. The lowest BCUT2D eigenvalue weighted by Gasteiger charge is -2.32. The molecule has 1 amide bonds. The quantitative estimate of drug-likeness (QED) is 0.676. The number of anilines is 1. The highest BCUT2D eigenvalue weighted by atomic mass is 79.9. The highest BCUT2D eigenvalue weighted by molar-refractivity contribution is 9.10. The minimum Gasteiger partial charge on any atom is -0.443 e. The first kappa shape index (κ1) is 14.7. The summed E-state index contributed by atoms with van der Waals surface area (Å²) in [5.74, 6) is 0. The minimum absolute atomic E-state index is 0.323. The van der Waals surface area contributed by atoms with Crippen LogP contribution >= 0.6 is 27.5 Å². The zero-order valence-electron chi connectivity index (χ0n) is 11.3. The van der Waals surface area contributed by atoms with Crippen molar-refractivity contribution >= 4 is 39.3 Å². The van der Waals surface area contributed by atoms with Gasteiger partial charge in [-0.05, 0) is 61.2 Å². The van der Waals surface area contributed by atoms with Crippen LogP contribution in [0.25, 0.3) is 0 Å². The Labute approximate surface area is 127 Å². The third-order valence-corrected chi connectivity index (χ3v) is 4.21. The number of carbonyl (C=O) groups is 1. The van der Waals surface area contributed by atoms with E-state index in [1.54, 1.807) is 4.90 Å². The van der Waals surface area contributed by atoms with Crippen LogP contribution in [-0.2, 0) is 11.2 Å². The highest BCUT2D eigenvalue weighted by Crippen LogP contribution is 2.39. The van der Waals surface area contributed by atoms with Gasteiger partial charge in [0.2, 0.25) is 0 Å². The number of halogens is 2. The van der Waals surface area contributed by atoms with Gasteiger partial charge in [0, 0.05) is 6.54 Å². The van der Waals surface area contributed by atoms with Crippen molar-refractivity contribution < 1.29 is 9.53 Å². The third kappa shape index (κ3) is 3.23. The average molecular weight is 347 g/mol. The summed E-state index contributed by atoms with van der Waals surface area (Å²) in [6, 6.07) is 3.82. The molecule has 0 unspecified atom stereocenters. The van der Waals surface area contributed by atoms with Crippen LogP contribution in [0.3, 0.4) is 0 Å². The number of hydrogen-bond acceptors (Lipinski definition) is 2. The molecule has 1 heterocycles. The molecule has 0 radical (unpaired) electrons. The van der Waals surface area contributed by atoms with E-state index in [1.165, 1.54) is 0 Å². The van der Waals surface area contributed by atoms with Gasteiger partial charge >= 0.3 is 6.09 Å². The monoisotopic (exact) mass is 345 g/mol.